The van der Waals surface area contributed by atoms with Crippen molar-refractivity contribution in [3.63, 3.8) is 0 Å². The number of phenols is 2. The van der Waals surface area contributed by atoms with Gasteiger partial charge in [0.25, 0.3) is 0 Å². The van der Waals surface area contributed by atoms with E-state index in [-0.39, 0.29) is 23.9 Å². The van der Waals surface area contributed by atoms with Crippen LogP contribution in [0.1, 0.15) is 184 Å². The molecule has 0 spiro atoms. The zero-order valence-corrected chi connectivity index (χ0v) is 68.8. The van der Waals surface area contributed by atoms with E-state index >= 15 is 0 Å². The number of aromatic hydroxyl groups is 2. The van der Waals surface area contributed by atoms with Gasteiger partial charge in [-0.2, -0.15) is 22.8 Å². The molecule has 17 heteroatoms. The van der Waals surface area contributed by atoms with Gasteiger partial charge in [-0.15, -0.1) is 0 Å². The molecule has 0 bridgehead atoms. The van der Waals surface area contributed by atoms with Crippen molar-refractivity contribution in [2.75, 3.05) is 0 Å². The predicted octanol–water partition coefficient (Wildman–Crippen LogP) is 25.6. The maximum atomic E-state index is 12.7. The van der Waals surface area contributed by atoms with Crippen molar-refractivity contribution in [1.82, 2.24) is 9.97 Å². The monoisotopic (exact) mass is 1840 g/mol. The zero-order chi connectivity index (χ0) is 68.8. The smallest absolute Gasteiger partial charge is 0.137 e. The largest absolute Gasteiger partial charge is 0.665 e. The number of phenolic OH excluding ortho intramolecular Hbond substituents is 2. The molecule has 2 heterocycles. The molecule has 12 rings (SSSR count). The van der Waals surface area contributed by atoms with E-state index in [4.69, 9.17) is 23.2 Å². The molecule has 0 saturated carbocycles. The first kappa shape index (κ1) is 80.5. The van der Waals surface area contributed by atoms with Crippen molar-refractivity contribution in [3.8, 4) is 33.8 Å². The Morgan fingerprint density at radius 3 is 1.17 bits per heavy atom. The second-order valence-corrected chi connectivity index (χ2v) is 34.7. The minimum Gasteiger partial charge on any atom is -0.665 e. The Morgan fingerprint density at radius 1 is 0.484 bits per heavy atom. The van der Waals surface area contributed by atoms with Crippen LogP contribution in [0.3, 0.4) is 0 Å². The number of hydrogen-bond acceptors (Lipinski definition) is 4. The van der Waals surface area contributed by atoms with Crippen molar-refractivity contribution in [3.05, 3.63) is 203 Å². The van der Waals surface area contributed by atoms with Crippen LogP contribution in [-0.4, -0.2) is 19.0 Å². The van der Waals surface area contributed by atoms with Gasteiger partial charge in [0.2, 0.25) is 0 Å². The van der Waals surface area contributed by atoms with E-state index in [1.165, 1.54) is 139 Å². The van der Waals surface area contributed by atoms with Gasteiger partial charge in [-0.1, -0.05) is 91.2 Å². The van der Waals surface area contributed by atoms with Crippen molar-refractivity contribution in [2.45, 2.75) is 199 Å². The summed E-state index contributed by atoms with van der Waals surface area (Å²) in [6.45, 7) is 24.9. The molecule has 2 N–H and O–H groups in total. The molecule has 0 aliphatic heterocycles. The van der Waals surface area contributed by atoms with Crippen molar-refractivity contribution in [1.29, 1.82) is 0 Å². The molecule has 512 valence electrons. The van der Waals surface area contributed by atoms with Gasteiger partial charge in [-0.05, 0) is 239 Å². The summed E-state index contributed by atoms with van der Waals surface area (Å²) in [4.78, 5) is 8.22. The SMILES string of the molecule is C.CC(C)(C)[CH]=[Mo]=[N]c1ccccc1C(F)(F)F.CC(C)(C)[CH]=[W]=[N]c1c(Cl)cccc1Cl.Cc1c(Br)cc2c(c1-c1c(O)c(Br)cc3c1CCCC3)CCCC2.Cc1c(Br)cc2c(c1-c1c(O)c(Br)cc3c1CCCC3)CCCC2.Cc1ccc(C)[n-]1.Cc1ccc(C)[n-]1. The van der Waals surface area contributed by atoms with Gasteiger partial charge in [0.1, 0.15) is 11.5 Å². The normalized spacial score (nSPS) is 13.7. The fourth-order valence-corrected chi connectivity index (χ4v) is 18.7. The number of benzene rings is 6. The van der Waals surface area contributed by atoms with Gasteiger partial charge in [0.05, 0.1) is 8.95 Å². The van der Waals surface area contributed by atoms with Crippen LogP contribution in [0.25, 0.3) is 22.3 Å². The molecule has 0 unspecified atom stereocenters. The Labute approximate surface area is 623 Å². The molecule has 2 aromatic heterocycles. The van der Waals surface area contributed by atoms with Crippen LogP contribution in [0.15, 0.2) is 116 Å². The second-order valence-electron chi connectivity index (χ2n) is 26.7. The van der Waals surface area contributed by atoms with Crippen LogP contribution in [0.5, 0.6) is 11.5 Å². The number of halogens is 9. The van der Waals surface area contributed by atoms with Crippen molar-refractivity contribution >= 4 is 107 Å². The molecule has 8 aromatic rings. The van der Waals surface area contributed by atoms with Crippen LogP contribution in [0.2, 0.25) is 10.0 Å². The maximum absolute atomic E-state index is 12.7. The van der Waals surface area contributed by atoms with Gasteiger partial charge >= 0.3 is 216 Å². The number of alkyl halides is 3. The fourth-order valence-electron chi connectivity index (χ4n) is 11.9. The number of fused-ring (bicyclic) bond motifs is 4. The van der Waals surface area contributed by atoms with Crippen LogP contribution in [0.4, 0.5) is 24.5 Å². The number of rotatable bonds is 4. The average Bonchev–Trinajstić information content (AvgIpc) is 1.03. The summed E-state index contributed by atoms with van der Waals surface area (Å²) < 4.78 is 54.9. The molecule has 6 aromatic carbocycles. The van der Waals surface area contributed by atoms with Crippen LogP contribution in [-0.2, 0) is 93.4 Å². The quantitative estimate of drug-likeness (QED) is 0.172. The first-order chi connectivity index (χ1) is 44.3. The minimum atomic E-state index is -4.32. The summed E-state index contributed by atoms with van der Waals surface area (Å²) in [5.41, 5.74) is 23.5. The molecule has 4 aliphatic carbocycles. The van der Waals surface area contributed by atoms with E-state index < -0.39 is 47.6 Å². The molecular formula is C78H91Br4Cl2F3MoN4O2W-2. The topological polar surface area (TPSA) is 93.4 Å². The molecule has 0 amide bonds. The number of nitrogens with zero attached hydrogens (tertiary/aromatic N) is 4. The first-order valence-corrected chi connectivity index (χ1v) is 41.2. The van der Waals surface area contributed by atoms with E-state index in [0.29, 0.717) is 21.5 Å². The fraction of sp³-hybridized carbons (Fsp3) is 0.410. The van der Waals surface area contributed by atoms with Crippen molar-refractivity contribution < 1.29 is 59.2 Å². The molecule has 0 saturated heterocycles. The average molecular weight is 1840 g/mol. The second kappa shape index (κ2) is 36.7. The molecule has 95 heavy (non-hydrogen) atoms. The molecule has 4 aliphatic rings. The Hall–Kier alpha value is -3.51. The van der Waals surface area contributed by atoms with E-state index in [0.717, 1.165) is 106 Å². The summed E-state index contributed by atoms with van der Waals surface area (Å²) in [6.07, 6.45) is 14.6. The van der Waals surface area contributed by atoms with Gasteiger partial charge in [0.15, 0.2) is 0 Å². The summed E-state index contributed by atoms with van der Waals surface area (Å²) in [5.74, 6) is 0.842. The summed E-state index contributed by atoms with van der Waals surface area (Å²) in [7, 11) is 0. The Kier molecular flexibility index (Phi) is 31.1. The Bertz CT molecular complexity index is 3740. The minimum absolute atomic E-state index is 0. The number of hydrogen-bond donors (Lipinski definition) is 2. The van der Waals surface area contributed by atoms with Crippen LogP contribution in [0, 0.1) is 52.4 Å². The van der Waals surface area contributed by atoms with E-state index in [9.17, 15) is 23.4 Å². The predicted molar refractivity (Wildman–Crippen MR) is 402 cm³/mol. The number of aryl methyl sites for hydroxylation is 8. The molecular weight excluding hydrogens is 1750 g/mol. The maximum Gasteiger partial charge on any atom is 0.137 e. The zero-order valence-electron chi connectivity index (χ0n) is 56.0. The third-order valence-electron chi connectivity index (χ3n) is 16.4. The Morgan fingerprint density at radius 2 is 0.832 bits per heavy atom. The summed E-state index contributed by atoms with van der Waals surface area (Å²) >= 11 is 25.0. The van der Waals surface area contributed by atoms with Crippen molar-refractivity contribution in [2.24, 2.45) is 17.8 Å². The molecule has 0 radical (unpaired) electrons. The van der Waals surface area contributed by atoms with Gasteiger partial charge in [-0.3, -0.25) is 0 Å². The van der Waals surface area contributed by atoms with Crippen LogP contribution < -0.4 is 9.97 Å². The van der Waals surface area contributed by atoms with E-state index in [1.54, 1.807) is 6.07 Å². The van der Waals surface area contributed by atoms with Gasteiger partial charge in [-0.25, -0.2) is 0 Å². The van der Waals surface area contributed by atoms with E-state index in [2.05, 4.69) is 144 Å². The third-order valence-corrected chi connectivity index (χ3v) is 26.6. The number of aromatic nitrogens is 2. The van der Waals surface area contributed by atoms with Crippen LogP contribution >= 0.6 is 86.9 Å². The Balaban J connectivity index is 0.000000189. The van der Waals surface area contributed by atoms with Gasteiger partial charge in [0, 0.05) is 20.1 Å². The third kappa shape index (κ3) is 23.0. The summed E-state index contributed by atoms with van der Waals surface area (Å²) in [6, 6.07) is 27.8. The van der Waals surface area contributed by atoms with Gasteiger partial charge < -0.3 is 20.2 Å². The molecule has 6 nitrogen and oxygen atoms in total. The first-order valence-electron chi connectivity index (χ1n) is 32.2. The molecule has 0 fully saturated rings. The summed E-state index contributed by atoms with van der Waals surface area (Å²) in [5, 5.41) is 23.2. The van der Waals surface area contributed by atoms with E-state index in [1.807, 2.05) is 95.3 Å². The molecule has 0 atom stereocenters. The standard InChI is InChI=1S/2C21H22Br2O.C7H4F3N.C6H3Cl2N.2C6H8N.2C5H10.CH4.Mo.W/c2*1-12-17(22)10-13-6-2-4-8-15(13)19(12)20-16-9-5-3-7-14(16)11-18(23)21(20)24;8-7(9,10)5-3-1-2-4-6(5)11;7-4-2-1-3-5(8)6(4)9;2*1-5-3-4-6(2)7-5;2*1-5(2,3)4;;;/h2*10-11,24H,2-9H2,1H3;1-4H;1-3H;2*3-4H,1-2H3;2*1H,2-4H3;1H4;;/q;;;;2*-1;;;;;.